The summed E-state index contributed by atoms with van der Waals surface area (Å²) in [7, 11) is 1.47. The third kappa shape index (κ3) is 4.19. The zero-order valence-electron chi connectivity index (χ0n) is 18.9. The van der Waals surface area contributed by atoms with Crippen molar-refractivity contribution < 1.29 is 23.8 Å². The van der Waals surface area contributed by atoms with Crippen molar-refractivity contribution in [1.29, 1.82) is 0 Å². The number of anilines is 1. The highest BCUT2D eigenvalue weighted by Crippen LogP contribution is 2.44. The van der Waals surface area contributed by atoms with Crippen LogP contribution in [0.5, 0.6) is 5.75 Å². The number of ether oxygens (including phenoxy) is 2. The molecular formula is C24H30FN3O5. The van der Waals surface area contributed by atoms with Gasteiger partial charge in [-0.1, -0.05) is 6.42 Å². The van der Waals surface area contributed by atoms with E-state index in [4.69, 9.17) is 9.47 Å². The van der Waals surface area contributed by atoms with Crippen LogP contribution in [-0.4, -0.2) is 73.1 Å². The number of hydrogen-bond donors (Lipinski definition) is 1. The summed E-state index contributed by atoms with van der Waals surface area (Å²) in [5.41, 5.74) is -0.265. The molecule has 1 aromatic carbocycles. The number of likely N-dealkylation sites (tertiary alicyclic amines) is 1. The fourth-order valence-corrected chi connectivity index (χ4v) is 5.19. The van der Waals surface area contributed by atoms with Crippen LogP contribution in [0.15, 0.2) is 17.1 Å². The van der Waals surface area contributed by atoms with E-state index in [0.717, 1.165) is 32.5 Å². The summed E-state index contributed by atoms with van der Waals surface area (Å²) >= 11 is 0. The number of hydrogen-bond acceptors (Lipinski definition) is 6. The maximum Gasteiger partial charge on any atom is 0.341 e. The number of carboxylic acid groups (broad SMARTS) is 1. The largest absolute Gasteiger partial charge is 0.492 e. The molecule has 2 aliphatic heterocycles. The van der Waals surface area contributed by atoms with Crippen LogP contribution in [0.2, 0.25) is 0 Å². The number of morpholine rings is 1. The molecule has 1 aliphatic carbocycles. The third-order valence-corrected chi connectivity index (χ3v) is 6.94. The van der Waals surface area contributed by atoms with Gasteiger partial charge in [0.15, 0.2) is 11.6 Å². The monoisotopic (exact) mass is 459 g/mol. The molecule has 0 amide bonds. The Morgan fingerprint density at radius 1 is 1.24 bits per heavy atom. The van der Waals surface area contributed by atoms with Crippen molar-refractivity contribution in [1.82, 2.24) is 9.47 Å². The second-order valence-corrected chi connectivity index (χ2v) is 9.25. The number of aromatic carboxylic acids is 1. The van der Waals surface area contributed by atoms with Crippen molar-refractivity contribution in [2.24, 2.45) is 0 Å². The fraction of sp³-hybridized carbons (Fsp3) is 0.583. The summed E-state index contributed by atoms with van der Waals surface area (Å²) in [6.45, 7) is 4.45. The Balaban J connectivity index is 1.56. The Morgan fingerprint density at radius 2 is 2.00 bits per heavy atom. The second kappa shape index (κ2) is 8.95. The van der Waals surface area contributed by atoms with E-state index in [2.05, 4.69) is 4.90 Å². The second-order valence-electron chi connectivity index (χ2n) is 9.25. The summed E-state index contributed by atoms with van der Waals surface area (Å²) in [4.78, 5) is 28.9. The molecule has 178 valence electrons. The van der Waals surface area contributed by atoms with Crippen LogP contribution < -0.4 is 15.1 Å². The molecule has 3 heterocycles. The SMILES string of the molecule is COc1c(N2CCOC(CN3CCCCC3)C2)c(F)cc2c(=O)c(C(=O)O)cn(C3CC3)c12. The van der Waals surface area contributed by atoms with E-state index in [9.17, 15) is 14.7 Å². The number of nitrogens with zero attached hydrogens (tertiary/aromatic N) is 3. The van der Waals surface area contributed by atoms with Crippen LogP contribution in [-0.2, 0) is 4.74 Å². The van der Waals surface area contributed by atoms with Gasteiger partial charge in [-0.3, -0.25) is 4.79 Å². The topological polar surface area (TPSA) is 84.2 Å². The number of rotatable bonds is 6. The van der Waals surface area contributed by atoms with Crippen molar-refractivity contribution in [3.8, 4) is 5.75 Å². The van der Waals surface area contributed by atoms with E-state index in [1.807, 2.05) is 4.90 Å². The first kappa shape index (κ1) is 22.2. The molecule has 5 rings (SSSR count). The smallest absolute Gasteiger partial charge is 0.341 e. The summed E-state index contributed by atoms with van der Waals surface area (Å²) in [5, 5.41) is 9.55. The predicted molar refractivity (Wildman–Crippen MR) is 122 cm³/mol. The van der Waals surface area contributed by atoms with Gasteiger partial charge < -0.3 is 28.9 Å². The zero-order chi connectivity index (χ0) is 23.1. The number of piperidine rings is 1. The summed E-state index contributed by atoms with van der Waals surface area (Å²) in [6.07, 6.45) is 6.75. The number of benzene rings is 1. The molecule has 1 aromatic heterocycles. The lowest BCUT2D eigenvalue weighted by atomic mass is 10.1. The first-order chi connectivity index (χ1) is 16.0. The van der Waals surface area contributed by atoms with Crippen LogP contribution in [0.25, 0.3) is 10.9 Å². The Labute approximate surface area is 191 Å². The predicted octanol–water partition coefficient (Wildman–Crippen LogP) is 2.87. The fourth-order valence-electron chi connectivity index (χ4n) is 5.19. The lowest BCUT2D eigenvalue weighted by Crippen LogP contribution is -2.49. The number of methoxy groups -OCH3 is 1. The molecule has 1 atom stereocenters. The minimum absolute atomic E-state index is 0.0398. The van der Waals surface area contributed by atoms with Gasteiger partial charge >= 0.3 is 5.97 Å². The van der Waals surface area contributed by atoms with Gasteiger partial charge in [0.25, 0.3) is 0 Å². The number of carbonyl (C=O) groups is 1. The molecule has 1 saturated carbocycles. The lowest BCUT2D eigenvalue weighted by molar-refractivity contribution is 0.0119. The molecule has 3 aliphatic rings. The van der Waals surface area contributed by atoms with Crippen LogP contribution in [0.1, 0.15) is 48.5 Å². The van der Waals surface area contributed by atoms with Gasteiger partial charge in [0.05, 0.1) is 30.7 Å². The van der Waals surface area contributed by atoms with Crippen molar-refractivity contribution in [3.05, 3.63) is 33.9 Å². The first-order valence-electron chi connectivity index (χ1n) is 11.8. The van der Waals surface area contributed by atoms with Crippen LogP contribution in [0.3, 0.4) is 0 Å². The minimum Gasteiger partial charge on any atom is -0.492 e. The van der Waals surface area contributed by atoms with Crippen molar-refractivity contribution in [2.45, 2.75) is 44.2 Å². The summed E-state index contributed by atoms with van der Waals surface area (Å²) in [6, 6.07) is 1.26. The lowest BCUT2D eigenvalue weighted by Gasteiger charge is -2.38. The summed E-state index contributed by atoms with van der Waals surface area (Å²) < 4.78 is 29.0. The van der Waals surface area contributed by atoms with E-state index >= 15 is 4.39 Å². The molecule has 8 nitrogen and oxygen atoms in total. The van der Waals surface area contributed by atoms with Gasteiger partial charge in [0.1, 0.15) is 11.3 Å². The van der Waals surface area contributed by atoms with Gasteiger partial charge in [0, 0.05) is 31.9 Å². The summed E-state index contributed by atoms with van der Waals surface area (Å²) in [5.74, 6) is -1.61. The quantitative estimate of drug-likeness (QED) is 0.711. The average molecular weight is 460 g/mol. The molecule has 33 heavy (non-hydrogen) atoms. The molecule has 0 bridgehead atoms. The molecule has 2 saturated heterocycles. The Hall–Kier alpha value is -2.65. The van der Waals surface area contributed by atoms with Crippen molar-refractivity contribution in [2.75, 3.05) is 51.3 Å². The van der Waals surface area contributed by atoms with Crippen LogP contribution in [0, 0.1) is 5.82 Å². The molecule has 9 heteroatoms. The Bertz CT molecular complexity index is 1120. The Morgan fingerprint density at radius 3 is 2.67 bits per heavy atom. The number of pyridine rings is 1. The Kier molecular flexibility index (Phi) is 6.01. The zero-order valence-corrected chi connectivity index (χ0v) is 18.9. The standard InChI is InChI=1S/C24H30FN3O5/c1-32-23-20-17(22(29)18(24(30)31)14-28(20)15-5-6-15)11-19(25)21(23)27-9-10-33-16(13-27)12-26-7-3-2-4-8-26/h11,14-16H,2-10,12-13H2,1H3,(H,30,31). The molecule has 0 radical (unpaired) electrons. The first-order valence-corrected chi connectivity index (χ1v) is 11.8. The van der Waals surface area contributed by atoms with E-state index in [1.54, 1.807) is 4.57 Å². The van der Waals surface area contributed by atoms with Crippen molar-refractivity contribution in [3.63, 3.8) is 0 Å². The maximum atomic E-state index is 15.5. The van der Waals surface area contributed by atoms with Gasteiger partial charge in [-0.15, -0.1) is 0 Å². The maximum absolute atomic E-state index is 15.5. The number of fused-ring (bicyclic) bond motifs is 1. The number of aromatic nitrogens is 1. The molecule has 3 fully saturated rings. The molecule has 1 N–H and O–H groups in total. The highest BCUT2D eigenvalue weighted by molar-refractivity contribution is 5.97. The highest BCUT2D eigenvalue weighted by atomic mass is 19.1. The van der Waals surface area contributed by atoms with E-state index in [-0.39, 0.29) is 28.8 Å². The van der Waals surface area contributed by atoms with Crippen LogP contribution >= 0.6 is 0 Å². The average Bonchev–Trinajstić information content (AvgIpc) is 3.65. The van der Waals surface area contributed by atoms with Gasteiger partial charge in [-0.25, -0.2) is 9.18 Å². The highest BCUT2D eigenvalue weighted by Gasteiger charge is 2.33. The van der Waals surface area contributed by atoms with Crippen LogP contribution in [0.4, 0.5) is 10.1 Å². The molecular weight excluding hydrogens is 429 g/mol. The molecule has 2 aromatic rings. The normalized spacial score (nSPS) is 22.0. The minimum atomic E-state index is -1.31. The van der Waals surface area contributed by atoms with Gasteiger partial charge in [0.2, 0.25) is 5.43 Å². The van der Waals surface area contributed by atoms with Gasteiger partial charge in [-0.05, 0) is 44.8 Å². The number of halogens is 1. The van der Waals surface area contributed by atoms with E-state index < -0.39 is 17.2 Å². The molecule has 0 spiro atoms. The molecule has 1 unspecified atom stereocenters. The van der Waals surface area contributed by atoms with Crippen molar-refractivity contribution >= 4 is 22.6 Å². The number of carboxylic acids is 1. The van der Waals surface area contributed by atoms with Gasteiger partial charge in [-0.2, -0.15) is 0 Å². The van der Waals surface area contributed by atoms with E-state index in [0.29, 0.717) is 30.9 Å². The third-order valence-electron chi connectivity index (χ3n) is 6.94. The van der Waals surface area contributed by atoms with E-state index in [1.165, 1.54) is 38.6 Å².